The summed E-state index contributed by atoms with van der Waals surface area (Å²) in [6, 6.07) is 0.597. The van der Waals surface area contributed by atoms with E-state index in [0.717, 1.165) is 12.5 Å². The number of hydrogen-bond donors (Lipinski definition) is 2. The van der Waals surface area contributed by atoms with Crippen molar-refractivity contribution in [3.8, 4) is 0 Å². The standard InChI is InChI=1S/C13H23N3/c14-12(16-11-3-1-2-4-11)15-9-13(7-8-13)10-5-6-10/h10-11H,1-9H2,(H3,14,15,16). The lowest BCUT2D eigenvalue weighted by Crippen LogP contribution is -2.39. The number of nitrogens with two attached hydrogens (primary N) is 1. The topological polar surface area (TPSA) is 50.4 Å². The maximum atomic E-state index is 5.95. The normalized spacial score (nSPS) is 29.4. The molecule has 3 rings (SSSR count). The minimum absolute atomic E-state index is 0.585. The van der Waals surface area contributed by atoms with E-state index >= 15 is 0 Å². The second-order valence-electron chi connectivity index (χ2n) is 5.96. The SMILES string of the molecule is NC(=NCC1(C2CC2)CC1)NC1CCCC1. The molecule has 0 spiro atoms. The molecule has 0 unspecified atom stereocenters. The molecule has 0 saturated heterocycles. The monoisotopic (exact) mass is 221 g/mol. The summed E-state index contributed by atoms with van der Waals surface area (Å²) in [6.07, 6.45) is 10.9. The van der Waals surface area contributed by atoms with Crippen molar-refractivity contribution in [1.29, 1.82) is 0 Å². The number of hydrogen-bond acceptors (Lipinski definition) is 1. The molecule has 3 nitrogen and oxygen atoms in total. The molecule has 0 bridgehead atoms. The fourth-order valence-corrected chi connectivity index (χ4v) is 3.12. The van der Waals surface area contributed by atoms with E-state index in [9.17, 15) is 0 Å². The number of rotatable bonds is 4. The first kappa shape index (κ1) is 10.4. The molecule has 0 aromatic rings. The maximum Gasteiger partial charge on any atom is 0.188 e. The van der Waals surface area contributed by atoms with Gasteiger partial charge in [-0.2, -0.15) is 0 Å². The molecule has 0 aliphatic heterocycles. The molecule has 0 radical (unpaired) electrons. The Morgan fingerprint density at radius 3 is 2.44 bits per heavy atom. The highest BCUT2D eigenvalue weighted by atomic mass is 15.1. The quantitative estimate of drug-likeness (QED) is 0.563. The smallest absolute Gasteiger partial charge is 0.188 e. The summed E-state index contributed by atoms with van der Waals surface area (Å²) in [4.78, 5) is 4.57. The molecule has 16 heavy (non-hydrogen) atoms. The van der Waals surface area contributed by atoms with Crippen LogP contribution in [-0.4, -0.2) is 18.5 Å². The highest BCUT2D eigenvalue weighted by molar-refractivity contribution is 5.78. The highest BCUT2D eigenvalue weighted by Crippen LogP contribution is 2.61. The van der Waals surface area contributed by atoms with Crippen LogP contribution < -0.4 is 11.1 Å². The van der Waals surface area contributed by atoms with E-state index in [-0.39, 0.29) is 0 Å². The van der Waals surface area contributed by atoms with Crippen molar-refractivity contribution in [2.75, 3.05) is 6.54 Å². The van der Waals surface area contributed by atoms with Gasteiger partial charge in [-0.05, 0) is 49.9 Å². The highest BCUT2D eigenvalue weighted by Gasteiger charge is 2.53. The molecule has 3 N–H and O–H groups in total. The Morgan fingerprint density at radius 1 is 1.19 bits per heavy atom. The Morgan fingerprint density at radius 2 is 1.88 bits per heavy atom. The van der Waals surface area contributed by atoms with E-state index in [1.54, 1.807) is 0 Å². The molecular weight excluding hydrogens is 198 g/mol. The number of aliphatic imine (C=N–C) groups is 1. The maximum absolute atomic E-state index is 5.95. The minimum Gasteiger partial charge on any atom is -0.370 e. The van der Waals surface area contributed by atoms with E-state index in [1.165, 1.54) is 51.4 Å². The number of guanidine groups is 1. The van der Waals surface area contributed by atoms with E-state index in [2.05, 4.69) is 10.3 Å². The van der Waals surface area contributed by atoms with Crippen LogP contribution in [0.4, 0.5) is 0 Å². The lowest BCUT2D eigenvalue weighted by molar-refractivity contribution is 0.452. The van der Waals surface area contributed by atoms with Crippen LogP contribution in [0.5, 0.6) is 0 Å². The van der Waals surface area contributed by atoms with Gasteiger partial charge in [-0.15, -0.1) is 0 Å². The van der Waals surface area contributed by atoms with Crippen LogP contribution in [-0.2, 0) is 0 Å². The third-order valence-corrected chi connectivity index (χ3v) is 4.61. The van der Waals surface area contributed by atoms with Gasteiger partial charge in [0.05, 0.1) is 0 Å². The van der Waals surface area contributed by atoms with Gasteiger partial charge in [0.2, 0.25) is 0 Å². The molecule has 0 heterocycles. The molecule has 3 aliphatic carbocycles. The summed E-state index contributed by atoms with van der Waals surface area (Å²) in [5.74, 6) is 1.68. The van der Waals surface area contributed by atoms with Gasteiger partial charge in [-0.1, -0.05) is 12.8 Å². The first-order valence-corrected chi connectivity index (χ1v) is 6.85. The summed E-state index contributed by atoms with van der Waals surface area (Å²) in [6.45, 7) is 0.975. The predicted octanol–water partition coefficient (Wildman–Crippen LogP) is 2.02. The second-order valence-corrected chi connectivity index (χ2v) is 5.96. The Kier molecular flexibility index (Phi) is 2.56. The van der Waals surface area contributed by atoms with Gasteiger partial charge >= 0.3 is 0 Å². The largest absolute Gasteiger partial charge is 0.370 e. The van der Waals surface area contributed by atoms with Crippen molar-refractivity contribution in [1.82, 2.24) is 5.32 Å². The Hall–Kier alpha value is -0.730. The van der Waals surface area contributed by atoms with Gasteiger partial charge in [0, 0.05) is 12.6 Å². The van der Waals surface area contributed by atoms with Crippen LogP contribution in [0.3, 0.4) is 0 Å². The van der Waals surface area contributed by atoms with Gasteiger partial charge in [-0.25, -0.2) is 0 Å². The van der Waals surface area contributed by atoms with Crippen LogP contribution in [0, 0.1) is 11.3 Å². The van der Waals surface area contributed by atoms with Crippen molar-refractivity contribution in [2.45, 2.75) is 57.4 Å². The average molecular weight is 221 g/mol. The Labute approximate surface area is 97.9 Å². The zero-order valence-electron chi connectivity index (χ0n) is 10.0. The summed E-state index contributed by atoms with van der Waals surface area (Å²) < 4.78 is 0. The summed E-state index contributed by atoms with van der Waals surface area (Å²) in [5, 5.41) is 3.37. The van der Waals surface area contributed by atoms with Gasteiger partial charge < -0.3 is 11.1 Å². The van der Waals surface area contributed by atoms with Crippen molar-refractivity contribution in [3.63, 3.8) is 0 Å². The van der Waals surface area contributed by atoms with E-state index in [1.807, 2.05) is 0 Å². The second kappa shape index (κ2) is 3.94. The molecular formula is C13H23N3. The zero-order chi connectivity index (χ0) is 11.0. The summed E-state index contributed by atoms with van der Waals surface area (Å²) >= 11 is 0. The third kappa shape index (κ3) is 2.18. The van der Waals surface area contributed by atoms with E-state index in [4.69, 9.17) is 5.73 Å². The van der Waals surface area contributed by atoms with Crippen molar-refractivity contribution >= 4 is 5.96 Å². The first-order valence-electron chi connectivity index (χ1n) is 6.85. The molecule has 90 valence electrons. The lowest BCUT2D eigenvalue weighted by atomic mass is 10.0. The van der Waals surface area contributed by atoms with Crippen molar-refractivity contribution in [2.24, 2.45) is 22.1 Å². The minimum atomic E-state index is 0.585. The zero-order valence-corrected chi connectivity index (χ0v) is 10.0. The van der Waals surface area contributed by atoms with E-state index < -0.39 is 0 Å². The van der Waals surface area contributed by atoms with Crippen molar-refractivity contribution < 1.29 is 0 Å². The van der Waals surface area contributed by atoms with Gasteiger partial charge in [0.1, 0.15) is 0 Å². The molecule has 0 aromatic heterocycles. The molecule has 3 aliphatic rings. The van der Waals surface area contributed by atoms with Crippen LogP contribution in [0.15, 0.2) is 4.99 Å². The molecule has 3 saturated carbocycles. The van der Waals surface area contributed by atoms with Crippen molar-refractivity contribution in [3.05, 3.63) is 0 Å². The Bertz CT molecular complexity index is 284. The first-order chi connectivity index (χ1) is 7.78. The Balaban J connectivity index is 1.48. The number of nitrogens with zero attached hydrogens (tertiary/aromatic N) is 1. The van der Waals surface area contributed by atoms with Crippen LogP contribution in [0.25, 0.3) is 0 Å². The van der Waals surface area contributed by atoms with Crippen LogP contribution in [0.2, 0.25) is 0 Å². The molecule has 3 heteroatoms. The van der Waals surface area contributed by atoms with Gasteiger partial charge in [0.25, 0.3) is 0 Å². The average Bonchev–Trinajstić information content (AvgIpc) is 3.16. The predicted molar refractivity (Wildman–Crippen MR) is 66.3 cm³/mol. The number of nitrogens with one attached hydrogen (secondary N) is 1. The summed E-state index contributed by atoms with van der Waals surface area (Å²) in [7, 11) is 0. The summed E-state index contributed by atoms with van der Waals surface area (Å²) in [5.41, 5.74) is 6.53. The molecule has 0 aromatic carbocycles. The van der Waals surface area contributed by atoms with Crippen LogP contribution in [0.1, 0.15) is 51.4 Å². The van der Waals surface area contributed by atoms with Gasteiger partial charge in [-0.3, -0.25) is 4.99 Å². The van der Waals surface area contributed by atoms with Crippen LogP contribution >= 0.6 is 0 Å². The third-order valence-electron chi connectivity index (χ3n) is 4.61. The van der Waals surface area contributed by atoms with Gasteiger partial charge in [0.15, 0.2) is 5.96 Å². The molecule has 3 fully saturated rings. The molecule has 0 amide bonds. The van der Waals surface area contributed by atoms with E-state index in [0.29, 0.717) is 17.4 Å². The molecule has 0 atom stereocenters. The fourth-order valence-electron chi connectivity index (χ4n) is 3.12. The lowest BCUT2D eigenvalue weighted by Gasteiger charge is -2.14. The fraction of sp³-hybridized carbons (Fsp3) is 0.923.